The Labute approximate surface area is 119 Å². The first-order chi connectivity index (χ1) is 9.31. The van der Waals surface area contributed by atoms with Gasteiger partial charge in [-0.2, -0.15) is 0 Å². The van der Waals surface area contributed by atoms with Gasteiger partial charge in [-0.1, -0.05) is 0 Å². The van der Waals surface area contributed by atoms with Crippen molar-refractivity contribution < 1.29 is 13.9 Å². The Kier molecular flexibility index (Phi) is 4.04. The SMILES string of the molecule is Cc1ncoc1[C@@H]1CN(C(=O)OC(C)(C)C)C[C@@H]1CN. The highest BCUT2D eigenvalue weighted by molar-refractivity contribution is 5.68. The molecule has 1 aliphatic heterocycles. The van der Waals surface area contributed by atoms with Gasteiger partial charge in [0, 0.05) is 24.9 Å². The lowest BCUT2D eigenvalue weighted by atomic mass is 9.93. The number of carbonyl (C=O) groups is 1. The van der Waals surface area contributed by atoms with E-state index in [1.807, 2.05) is 27.7 Å². The molecule has 0 unspecified atom stereocenters. The second kappa shape index (κ2) is 5.44. The highest BCUT2D eigenvalue weighted by Crippen LogP contribution is 2.34. The summed E-state index contributed by atoms with van der Waals surface area (Å²) < 4.78 is 10.9. The Morgan fingerprint density at radius 2 is 2.25 bits per heavy atom. The Bertz CT molecular complexity index is 478. The number of hydrogen-bond acceptors (Lipinski definition) is 5. The maximum absolute atomic E-state index is 12.1. The van der Waals surface area contributed by atoms with Crippen LogP contribution in [0.2, 0.25) is 0 Å². The molecule has 1 aromatic heterocycles. The maximum Gasteiger partial charge on any atom is 0.410 e. The number of oxazole rings is 1. The number of amides is 1. The van der Waals surface area contributed by atoms with Gasteiger partial charge in [-0.3, -0.25) is 0 Å². The predicted octanol–water partition coefficient (Wildman–Crippen LogP) is 1.89. The molecule has 1 aromatic rings. The summed E-state index contributed by atoms with van der Waals surface area (Å²) in [6, 6.07) is 0. The largest absolute Gasteiger partial charge is 0.448 e. The molecule has 1 fully saturated rings. The van der Waals surface area contributed by atoms with E-state index in [0.29, 0.717) is 19.6 Å². The quantitative estimate of drug-likeness (QED) is 0.895. The molecule has 0 aromatic carbocycles. The van der Waals surface area contributed by atoms with E-state index < -0.39 is 5.60 Å². The van der Waals surface area contributed by atoms with E-state index in [4.69, 9.17) is 14.9 Å². The van der Waals surface area contributed by atoms with Crippen molar-refractivity contribution in [2.75, 3.05) is 19.6 Å². The molecule has 1 aliphatic rings. The standard InChI is InChI=1S/C14H23N3O3/c1-9-12(19-8-16-9)11-7-17(6-10(11)5-15)13(18)20-14(2,3)4/h8,10-11H,5-7,15H2,1-4H3/t10-,11+/m0/s1. The zero-order valence-electron chi connectivity index (χ0n) is 12.5. The van der Waals surface area contributed by atoms with Gasteiger partial charge in [-0.15, -0.1) is 0 Å². The number of nitrogens with two attached hydrogens (primary N) is 1. The fraction of sp³-hybridized carbons (Fsp3) is 0.714. The van der Waals surface area contributed by atoms with Crippen LogP contribution in [0.1, 0.15) is 38.1 Å². The number of hydrogen-bond donors (Lipinski definition) is 1. The summed E-state index contributed by atoms with van der Waals surface area (Å²) >= 11 is 0. The summed E-state index contributed by atoms with van der Waals surface area (Å²) in [5, 5.41) is 0. The third-order valence-electron chi connectivity index (χ3n) is 3.51. The molecule has 6 heteroatoms. The fourth-order valence-electron chi connectivity index (χ4n) is 2.55. The lowest BCUT2D eigenvalue weighted by molar-refractivity contribution is 0.0287. The molecular formula is C14H23N3O3. The van der Waals surface area contributed by atoms with Gasteiger partial charge in [0.2, 0.25) is 0 Å². The summed E-state index contributed by atoms with van der Waals surface area (Å²) in [6.07, 6.45) is 1.14. The highest BCUT2D eigenvalue weighted by Gasteiger charge is 2.39. The van der Waals surface area contributed by atoms with Crippen LogP contribution in [0.15, 0.2) is 10.8 Å². The van der Waals surface area contributed by atoms with Crippen molar-refractivity contribution in [3.63, 3.8) is 0 Å². The average Bonchev–Trinajstić information content (AvgIpc) is 2.91. The number of nitrogens with zero attached hydrogens (tertiary/aromatic N) is 2. The molecular weight excluding hydrogens is 258 g/mol. The van der Waals surface area contributed by atoms with Crippen molar-refractivity contribution in [1.29, 1.82) is 0 Å². The van der Waals surface area contributed by atoms with Crippen LogP contribution in [-0.4, -0.2) is 41.2 Å². The summed E-state index contributed by atoms with van der Waals surface area (Å²) in [5.74, 6) is 1.09. The topological polar surface area (TPSA) is 81.6 Å². The minimum Gasteiger partial charge on any atom is -0.448 e. The second-order valence-corrected chi connectivity index (χ2v) is 6.29. The van der Waals surface area contributed by atoms with Crippen LogP contribution in [-0.2, 0) is 4.74 Å². The Hall–Kier alpha value is -1.56. The molecule has 0 saturated carbocycles. The molecule has 1 saturated heterocycles. The molecule has 1 amide bonds. The van der Waals surface area contributed by atoms with Gasteiger partial charge in [-0.05, 0) is 34.2 Å². The first-order valence-corrected chi connectivity index (χ1v) is 6.90. The van der Waals surface area contributed by atoms with Crippen molar-refractivity contribution >= 4 is 6.09 Å². The van der Waals surface area contributed by atoms with Crippen LogP contribution in [0.4, 0.5) is 4.79 Å². The molecule has 112 valence electrons. The first kappa shape index (κ1) is 14.8. The van der Waals surface area contributed by atoms with Gasteiger partial charge in [0.15, 0.2) is 6.39 Å². The minimum absolute atomic E-state index is 0.0926. The van der Waals surface area contributed by atoms with Crippen LogP contribution in [0, 0.1) is 12.8 Å². The molecule has 0 bridgehead atoms. The molecule has 20 heavy (non-hydrogen) atoms. The second-order valence-electron chi connectivity index (χ2n) is 6.29. The van der Waals surface area contributed by atoms with Crippen molar-refractivity contribution in [3.8, 4) is 0 Å². The molecule has 2 heterocycles. The van der Waals surface area contributed by atoms with E-state index in [1.165, 1.54) is 6.39 Å². The van der Waals surface area contributed by atoms with Crippen LogP contribution in [0.3, 0.4) is 0 Å². The zero-order chi connectivity index (χ0) is 14.9. The zero-order valence-corrected chi connectivity index (χ0v) is 12.5. The highest BCUT2D eigenvalue weighted by atomic mass is 16.6. The predicted molar refractivity (Wildman–Crippen MR) is 74.3 cm³/mol. The summed E-state index contributed by atoms with van der Waals surface area (Å²) in [7, 11) is 0. The monoisotopic (exact) mass is 281 g/mol. The van der Waals surface area contributed by atoms with E-state index in [0.717, 1.165) is 11.5 Å². The van der Waals surface area contributed by atoms with Gasteiger partial charge in [0.05, 0.1) is 5.69 Å². The number of carbonyl (C=O) groups excluding carboxylic acids is 1. The molecule has 2 rings (SSSR count). The van der Waals surface area contributed by atoms with Crippen LogP contribution < -0.4 is 5.73 Å². The molecule has 6 nitrogen and oxygen atoms in total. The molecule has 2 atom stereocenters. The maximum atomic E-state index is 12.1. The van der Waals surface area contributed by atoms with Crippen molar-refractivity contribution in [2.24, 2.45) is 11.7 Å². The van der Waals surface area contributed by atoms with E-state index in [1.54, 1.807) is 4.90 Å². The Morgan fingerprint density at radius 1 is 1.55 bits per heavy atom. The average molecular weight is 281 g/mol. The fourth-order valence-corrected chi connectivity index (χ4v) is 2.55. The first-order valence-electron chi connectivity index (χ1n) is 6.90. The van der Waals surface area contributed by atoms with Crippen LogP contribution >= 0.6 is 0 Å². The van der Waals surface area contributed by atoms with E-state index >= 15 is 0 Å². The summed E-state index contributed by atoms with van der Waals surface area (Å²) in [5.41, 5.74) is 6.20. The van der Waals surface area contributed by atoms with E-state index in [2.05, 4.69) is 4.98 Å². The lowest BCUT2D eigenvalue weighted by Gasteiger charge is -2.24. The van der Waals surface area contributed by atoms with Gasteiger partial charge in [-0.25, -0.2) is 9.78 Å². The Morgan fingerprint density at radius 3 is 2.75 bits per heavy atom. The van der Waals surface area contributed by atoms with Gasteiger partial charge in [0.1, 0.15) is 11.4 Å². The van der Waals surface area contributed by atoms with E-state index in [9.17, 15) is 4.79 Å². The van der Waals surface area contributed by atoms with Crippen LogP contribution in [0.5, 0.6) is 0 Å². The number of likely N-dealkylation sites (tertiary alicyclic amines) is 1. The third kappa shape index (κ3) is 3.12. The van der Waals surface area contributed by atoms with Gasteiger partial charge >= 0.3 is 6.09 Å². The van der Waals surface area contributed by atoms with Gasteiger partial charge < -0.3 is 19.8 Å². The molecule has 0 spiro atoms. The molecule has 0 aliphatic carbocycles. The summed E-state index contributed by atoms with van der Waals surface area (Å²) in [4.78, 5) is 18.0. The van der Waals surface area contributed by atoms with Crippen molar-refractivity contribution in [3.05, 3.63) is 17.8 Å². The van der Waals surface area contributed by atoms with Crippen molar-refractivity contribution in [1.82, 2.24) is 9.88 Å². The minimum atomic E-state index is -0.491. The number of aryl methyl sites for hydroxylation is 1. The number of ether oxygens (including phenoxy) is 1. The van der Waals surface area contributed by atoms with E-state index in [-0.39, 0.29) is 17.9 Å². The molecule has 2 N–H and O–H groups in total. The van der Waals surface area contributed by atoms with Crippen molar-refractivity contribution in [2.45, 2.75) is 39.2 Å². The Balaban J connectivity index is 2.10. The normalized spacial score (nSPS) is 23.1. The molecule has 0 radical (unpaired) electrons. The van der Waals surface area contributed by atoms with Crippen LogP contribution in [0.25, 0.3) is 0 Å². The smallest absolute Gasteiger partial charge is 0.410 e. The lowest BCUT2D eigenvalue weighted by Crippen LogP contribution is -2.35. The number of aromatic nitrogens is 1. The van der Waals surface area contributed by atoms with Gasteiger partial charge in [0.25, 0.3) is 0 Å². The summed E-state index contributed by atoms with van der Waals surface area (Å²) in [6.45, 7) is 9.15. The third-order valence-corrected chi connectivity index (χ3v) is 3.51. The number of rotatable bonds is 2.